The molecule has 1 N–H and O–H groups in total. The van der Waals surface area contributed by atoms with E-state index in [1.165, 1.54) is 0 Å². The quantitative estimate of drug-likeness (QED) is 0.674. The van der Waals surface area contributed by atoms with Gasteiger partial charge in [-0.15, -0.1) is 0 Å². The monoisotopic (exact) mass is 197 g/mol. The molecule has 0 aliphatic rings. The van der Waals surface area contributed by atoms with Gasteiger partial charge < -0.3 is 4.90 Å². The number of nitriles is 1. The summed E-state index contributed by atoms with van der Waals surface area (Å²) in [4.78, 5) is 2.36. The molecular weight excluding hydrogens is 174 g/mol. The maximum atomic E-state index is 8.80. The van der Waals surface area contributed by atoms with Gasteiger partial charge in [0.2, 0.25) is 0 Å². The number of hydrogen-bond donors (Lipinski definition) is 1. The third-order valence-corrected chi connectivity index (χ3v) is 2.48. The summed E-state index contributed by atoms with van der Waals surface area (Å²) in [5, 5.41) is 12.1. The van der Waals surface area contributed by atoms with Gasteiger partial charge in [-0.3, -0.25) is 5.32 Å². The van der Waals surface area contributed by atoms with E-state index in [0.29, 0.717) is 6.04 Å². The van der Waals surface area contributed by atoms with Crippen LogP contribution in [0.3, 0.4) is 0 Å². The number of nitrogens with zero attached hydrogens (tertiary/aromatic N) is 2. The van der Waals surface area contributed by atoms with Crippen LogP contribution in [0.2, 0.25) is 0 Å². The van der Waals surface area contributed by atoms with Crippen LogP contribution in [0.1, 0.15) is 34.1 Å². The average molecular weight is 197 g/mol. The van der Waals surface area contributed by atoms with Crippen molar-refractivity contribution >= 4 is 0 Å². The fraction of sp³-hybridized carbons (Fsp3) is 0.909. The van der Waals surface area contributed by atoms with Crippen molar-refractivity contribution in [2.75, 3.05) is 19.6 Å². The second kappa shape index (κ2) is 7.78. The van der Waals surface area contributed by atoms with Crippen molar-refractivity contribution < 1.29 is 0 Å². The summed E-state index contributed by atoms with van der Waals surface area (Å²) in [6.45, 7) is 11.7. The van der Waals surface area contributed by atoms with Crippen molar-refractivity contribution in [1.29, 1.82) is 5.26 Å². The van der Waals surface area contributed by atoms with Gasteiger partial charge in [0.05, 0.1) is 12.1 Å². The molecule has 0 aromatic rings. The highest BCUT2D eigenvalue weighted by Gasteiger charge is 2.11. The van der Waals surface area contributed by atoms with Crippen LogP contribution in [-0.4, -0.2) is 36.6 Å². The van der Waals surface area contributed by atoms with Crippen LogP contribution in [0.5, 0.6) is 0 Å². The summed E-state index contributed by atoms with van der Waals surface area (Å²) < 4.78 is 0. The van der Waals surface area contributed by atoms with Crippen molar-refractivity contribution in [2.24, 2.45) is 0 Å². The molecule has 0 spiro atoms. The van der Waals surface area contributed by atoms with Crippen LogP contribution in [-0.2, 0) is 0 Å². The standard InChI is InChI=1S/C11H23N3/c1-5-11(8-12)13-10(4)9-14(6-2)7-3/h10-11,13H,5-7,9H2,1-4H3. The van der Waals surface area contributed by atoms with Gasteiger partial charge in [-0.25, -0.2) is 0 Å². The first-order valence-corrected chi connectivity index (χ1v) is 5.55. The second-order valence-electron chi connectivity index (χ2n) is 3.64. The molecule has 3 nitrogen and oxygen atoms in total. The van der Waals surface area contributed by atoms with E-state index in [2.05, 4.69) is 37.1 Å². The molecule has 0 aliphatic heterocycles. The fourth-order valence-electron chi connectivity index (χ4n) is 1.51. The molecule has 0 rings (SSSR count). The smallest absolute Gasteiger partial charge is 0.0952 e. The number of nitrogens with one attached hydrogen (secondary N) is 1. The molecule has 0 radical (unpaired) electrons. The van der Waals surface area contributed by atoms with Crippen LogP contribution in [0.4, 0.5) is 0 Å². The van der Waals surface area contributed by atoms with Crippen LogP contribution >= 0.6 is 0 Å². The fourth-order valence-corrected chi connectivity index (χ4v) is 1.51. The molecule has 0 aromatic heterocycles. The molecule has 0 aromatic carbocycles. The minimum absolute atomic E-state index is 0.000521. The summed E-state index contributed by atoms with van der Waals surface area (Å²) in [6, 6.07) is 2.65. The van der Waals surface area contributed by atoms with Gasteiger partial charge in [0.25, 0.3) is 0 Å². The van der Waals surface area contributed by atoms with Gasteiger partial charge in [0, 0.05) is 12.6 Å². The Morgan fingerprint density at radius 3 is 2.21 bits per heavy atom. The van der Waals surface area contributed by atoms with E-state index < -0.39 is 0 Å². The highest BCUT2D eigenvalue weighted by atomic mass is 15.1. The van der Waals surface area contributed by atoms with Crippen LogP contribution in [0.25, 0.3) is 0 Å². The third kappa shape index (κ3) is 5.21. The average Bonchev–Trinajstić information content (AvgIpc) is 2.22. The lowest BCUT2D eigenvalue weighted by Gasteiger charge is -2.24. The summed E-state index contributed by atoms with van der Waals surface area (Å²) >= 11 is 0. The van der Waals surface area contributed by atoms with Crippen molar-refractivity contribution in [1.82, 2.24) is 10.2 Å². The molecule has 0 aliphatic carbocycles. The number of rotatable bonds is 7. The maximum Gasteiger partial charge on any atom is 0.0952 e. The first-order valence-electron chi connectivity index (χ1n) is 5.55. The predicted molar refractivity (Wildman–Crippen MR) is 60.1 cm³/mol. The molecular formula is C11H23N3. The lowest BCUT2D eigenvalue weighted by Crippen LogP contribution is -2.43. The van der Waals surface area contributed by atoms with E-state index >= 15 is 0 Å². The van der Waals surface area contributed by atoms with Gasteiger partial charge >= 0.3 is 0 Å². The molecule has 2 atom stereocenters. The Kier molecular flexibility index (Phi) is 7.45. The van der Waals surface area contributed by atoms with Crippen molar-refractivity contribution in [3.63, 3.8) is 0 Å². The molecule has 14 heavy (non-hydrogen) atoms. The Bertz CT molecular complexity index is 170. The van der Waals surface area contributed by atoms with Crippen LogP contribution in [0.15, 0.2) is 0 Å². The topological polar surface area (TPSA) is 39.1 Å². The van der Waals surface area contributed by atoms with Crippen molar-refractivity contribution in [3.05, 3.63) is 0 Å². The van der Waals surface area contributed by atoms with E-state index in [9.17, 15) is 0 Å². The first kappa shape index (κ1) is 13.4. The molecule has 82 valence electrons. The van der Waals surface area contributed by atoms with E-state index in [0.717, 1.165) is 26.1 Å². The number of likely N-dealkylation sites (N-methyl/N-ethyl adjacent to an activating group) is 1. The SMILES string of the molecule is CCC(C#N)NC(C)CN(CC)CC. The minimum Gasteiger partial charge on any atom is -0.302 e. The minimum atomic E-state index is 0.000521. The zero-order valence-corrected chi connectivity index (χ0v) is 9.88. The maximum absolute atomic E-state index is 8.80. The molecule has 2 unspecified atom stereocenters. The van der Waals surface area contributed by atoms with Gasteiger partial charge in [-0.1, -0.05) is 20.8 Å². The van der Waals surface area contributed by atoms with E-state index in [-0.39, 0.29) is 6.04 Å². The highest BCUT2D eigenvalue weighted by Crippen LogP contribution is 1.95. The second-order valence-corrected chi connectivity index (χ2v) is 3.64. The summed E-state index contributed by atoms with van der Waals surface area (Å²) in [6.07, 6.45) is 0.874. The van der Waals surface area contributed by atoms with Gasteiger partial charge in [-0.2, -0.15) is 5.26 Å². The normalized spacial score (nSPS) is 15.1. The number of hydrogen-bond acceptors (Lipinski definition) is 3. The summed E-state index contributed by atoms with van der Waals surface area (Å²) in [5.41, 5.74) is 0. The third-order valence-electron chi connectivity index (χ3n) is 2.48. The molecule has 0 fully saturated rings. The van der Waals surface area contributed by atoms with E-state index in [1.54, 1.807) is 0 Å². The molecule has 0 bridgehead atoms. The molecule has 0 heterocycles. The largest absolute Gasteiger partial charge is 0.302 e. The van der Waals surface area contributed by atoms with Crippen molar-refractivity contribution in [3.8, 4) is 6.07 Å². The molecule has 3 heteroatoms. The zero-order chi connectivity index (χ0) is 11.0. The first-order chi connectivity index (χ1) is 6.67. The Balaban J connectivity index is 3.84. The van der Waals surface area contributed by atoms with Crippen LogP contribution in [0, 0.1) is 11.3 Å². The predicted octanol–water partition coefficient (Wildman–Crippen LogP) is 1.61. The molecule has 0 saturated heterocycles. The molecule has 0 amide bonds. The summed E-state index contributed by atoms with van der Waals surface area (Å²) in [7, 11) is 0. The van der Waals surface area contributed by atoms with Gasteiger partial charge in [0.15, 0.2) is 0 Å². The lowest BCUT2D eigenvalue weighted by molar-refractivity contribution is 0.266. The Labute approximate surface area is 88.1 Å². The lowest BCUT2D eigenvalue weighted by atomic mass is 10.2. The van der Waals surface area contributed by atoms with Crippen LogP contribution < -0.4 is 5.32 Å². The zero-order valence-electron chi connectivity index (χ0n) is 9.88. The van der Waals surface area contributed by atoms with Gasteiger partial charge in [-0.05, 0) is 26.4 Å². The molecule has 0 saturated carbocycles. The summed E-state index contributed by atoms with van der Waals surface area (Å²) in [5.74, 6) is 0. The van der Waals surface area contributed by atoms with E-state index in [4.69, 9.17) is 5.26 Å². The Hall–Kier alpha value is -0.590. The Morgan fingerprint density at radius 2 is 1.86 bits per heavy atom. The Morgan fingerprint density at radius 1 is 1.29 bits per heavy atom. The van der Waals surface area contributed by atoms with Gasteiger partial charge in [0.1, 0.15) is 0 Å². The van der Waals surface area contributed by atoms with E-state index in [1.807, 2.05) is 6.92 Å². The highest BCUT2D eigenvalue weighted by molar-refractivity contribution is 4.90. The van der Waals surface area contributed by atoms with Crippen molar-refractivity contribution in [2.45, 2.75) is 46.2 Å².